The maximum Gasteiger partial charge on any atom is 0.0469 e. The van der Waals surface area contributed by atoms with Crippen molar-refractivity contribution in [3.05, 3.63) is 0 Å². The summed E-state index contributed by atoms with van der Waals surface area (Å²) in [6.07, 6.45) is 6.51. The summed E-state index contributed by atoms with van der Waals surface area (Å²) in [5, 5.41) is 0. The Kier molecular flexibility index (Phi) is 3.45. The lowest BCUT2D eigenvalue weighted by Gasteiger charge is -2.33. The van der Waals surface area contributed by atoms with Gasteiger partial charge in [-0.2, -0.15) is 0 Å². The smallest absolute Gasteiger partial charge is 0.0469 e. The summed E-state index contributed by atoms with van der Waals surface area (Å²) < 4.78 is 5.38. The van der Waals surface area contributed by atoms with E-state index in [1.807, 2.05) is 0 Å². The zero-order valence-corrected chi connectivity index (χ0v) is 9.24. The first-order chi connectivity index (χ1) is 6.79. The average Bonchev–Trinajstić information content (AvgIpc) is 2.65. The van der Waals surface area contributed by atoms with Crippen molar-refractivity contribution in [2.24, 2.45) is 23.5 Å². The summed E-state index contributed by atoms with van der Waals surface area (Å²) in [5.41, 5.74) is 6.39. The zero-order valence-electron chi connectivity index (χ0n) is 9.24. The lowest BCUT2D eigenvalue weighted by molar-refractivity contribution is 0.0484. The van der Waals surface area contributed by atoms with E-state index in [4.69, 9.17) is 10.5 Å². The molecule has 2 fully saturated rings. The molecule has 2 N–H and O–H groups in total. The molecule has 3 atom stereocenters. The van der Waals surface area contributed by atoms with Gasteiger partial charge in [-0.1, -0.05) is 19.8 Å². The van der Waals surface area contributed by atoms with Crippen molar-refractivity contribution in [1.29, 1.82) is 0 Å². The number of ether oxygens (including phenoxy) is 1. The summed E-state index contributed by atoms with van der Waals surface area (Å²) >= 11 is 0. The summed E-state index contributed by atoms with van der Waals surface area (Å²) in [6.45, 7) is 4.23. The van der Waals surface area contributed by atoms with Gasteiger partial charge in [0.15, 0.2) is 0 Å². The maximum atomic E-state index is 6.39. The quantitative estimate of drug-likeness (QED) is 0.736. The van der Waals surface area contributed by atoms with Crippen LogP contribution >= 0.6 is 0 Å². The highest BCUT2D eigenvalue weighted by molar-refractivity contribution is 4.87. The molecule has 0 amide bonds. The van der Waals surface area contributed by atoms with E-state index in [9.17, 15) is 0 Å². The van der Waals surface area contributed by atoms with Crippen LogP contribution in [0.1, 0.15) is 39.0 Å². The van der Waals surface area contributed by atoms with E-state index in [0.717, 1.165) is 31.0 Å². The second-order valence-electron chi connectivity index (χ2n) is 5.10. The molecule has 2 rings (SSSR count). The van der Waals surface area contributed by atoms with Crippen LogP contribution in [0, 0.1) is 17.8 Å². The van der Waals surface area contributed by atoms with Crippen LogP contribution in [0.25, 0.3) is 0 Å². The summed E-state index contributed by atoms with van der Waals surface area (Å²) in [7, 11) is 0. The molecule has 0 bridgehead atoms. The molecule has 0 aromatic carbocycles. The van der Waals surface area contributed by atoms with Crippen LogP contribution in [0.3, 0.4) is 0 Å². The van der Waals surface area contributed by atoms with Crippen molar-refractivity contribution in [3.8, 4) is 0 Å². The highest BCUT2D eigenvalue weighted by Gasteiger charge is 2.33. The van der Waals surface area contributed by atoms with E-state index in [-0.39, 0.29) is 0 Å². The van der Waals surface area contributed by atoms with Crippen LogP contribution in [0.15, 0.2) is 0 Å². The summed E-state index contributed by atoms with van der Waals surface area (Å²) in [6, 6.07) is 0.441. The predicted octanol–water partition coefficient (Wildman–Crippen LogP) is 2.18. The molecule has 3 unspecified atom stereocenters. The lowest BCUT2D eigenvalue weighted by Crippen LogP contribution is -2.41. The van der Waals surface area contributed by atoms with E-state index < -0.39 is 0 Å². The predicted molar refractivity (Wildman–Crippen MR) is 58.0 cm³/mol. The van der Waals surface area contributed by atoms with Crippen molar-refractivity contribution >= 4 is 0 Å². The van der Waals surface area contributed by atoms with Gasteiger partial charge in [-0.25, -0.2) is 0 Å². The van der Waals surface area contributed by atoms with Crippen molar-refractivity contribution in [2.75, 3.05) is 13.2 Å². The van der Waals surface area contributed by atoms with Gasteiger partial charge in [-0.3, -0.25) is 0 Å². The van der Waals surface area contributed by atoms with Gasteiger partial charge in [-0.15, -0.1) is 0 Å². The minimum absolute atomic E-state index is 0.441. The van der Waals surface area contributed by atoms with E-state index in [1.54, 1.807) is 0 Å². The Morgan fingerprint density at radius 1 is 1.14 bits per heavy atom. The Morgan fingerprint density at radius 2 is 1.86 bits per heavy atom. The first-order valence-corrected chi connectivity index (χ1v) is 6.12. The Bertz CT molecular complexity index is 177. The molecule has 1 aliphatic heterocycles. The molecule has 2 nitrogen and oxygen atoms in total. The standard InChI is InChI=1S/C12H23NO/c1-9-3-2-4-11(9)12(13)10-5-7-14-8-6-10/h9-12H,2-8,13H2,1H3. The van der Waals surface area contributed by atoms with Gasteiger partial charge in [0.2, 0.25) is 0 Å². The van der Waals surface area contributed by atoms with Gasteiger partial charge >= 0.3 is 0 Å². The van der Waals surface area contributed by atoms with Crippen LogP contribution in [0.5, 0.6) is 0 Å². The SMILES string of the molecule is CC1CCCC1C(N)C1CCOCC1. The van der Waals surface area contributed by atoms with Crippen LogP contribution < -0.4 is 5.73 Å². The summed E-state index contributed by atoms with van der Waals surface area (Å²) in [5.74, 6) is 2.38. The van der Waals surface area contributed by atoms with E-state index in [1.165, 1.54) is 32.1 Å². The fourth-order valence-electron chi connectivity index (χ4n) is 3.20. The molecule has 82 valence electrons. The molecule has 0 spiro atoms. The van der Waals surface area contributed by atoms with E-state index in [0.29, 0.717) is 6.04 Å². The second kappa shape index (κ2) is 4.63. The number of nitrogens with two attached hydrogens (primary N) is 1. The number of hydrogen-bond donors (Lipinski definition) is 1. The number of hydrogen-bond acceptors (Lipinski definition) is 2. The van der Waals surface area contributed by atoms with Crippen LogP contribution in [-0.2, 0) is 4.74 Å². The highest BCUT2D eigenvalue weighted by atomic mass is 16.5. The van der Waals surface area contributed by atoms with Crippen molar-refractivity contribution in [2.45, 2.75) is 45.1 Å². The minimum Gasteiger partial charge on any atom is -0.381 e. The van der Waals surface area contributed by atoms with Crippen LogP contribution in [-0.4, -0.2) is 19.3 Å². The van der Waals surface area contributed by atoms with Gasteiger partial charge in [0.05, 0.1) is 0 Å². The molecule has 1 aliphatic carbocycles. The molecular formula is C12H23NO. The van der Waals surface area contributed by atoms with Crippen molar-refractivity contribution in [1.82, 2.24) is 0 Å². The molecule has 2 heteroatoms. The van der Waals surface area contributed by atoms with Crippen LogP contribution in [0.2, 0.25) is 0 Å². The third kappa shape index (κ3) is 2.12. The summed E-state index contributed by atoms with van der Waals surface area (Å²) in [4.78, 5) is 0. The Hall–Kier alpha value is -0.0800. The lowest BCUT2D eigenvalue weighted by atomic mass is 9.80. The zero-order chi connectivity index (χ0) is 9.97. The minimum atomic E-state index is 0.441. The highest BCUT2D eigenvalue weighted by Crippen LogP contribution is 2.37. The maximum absolute atomic E-state index is 6.39. The first kappa shape index (κ1) is 10.4. The van der Waals surface area contributed by atoms with E-state index in [2.05, 4.69) is 6.92 Å². The van der Waals surface area contributed by atoms with E-state index >= 15 is 0 Å². The van der Waals surface area contributed by atoms with Gasteiger partial charge in [0, 0.05) is 19.3 Å². The third-order valence-corrected chi connectivity index (χ3v) is 4.23. The van der Waals surface area contributed by atoms with Gasteiger partial charge in [0.1, 0.15) is 0 Å². The Balaban J connectivity index is 1.89. The largest absolute Gasteiger partial charge is 0.381 e. The fraction of sp³-hybridized carbons (Fsp3) is 1.00. The molecule has 0 radical (unpaired) electrons. The molecule has 0 aromatic rings. The number of rotatable bonds is 2. The van der Waals surface area contributed by atoms with Crippen molar-refractivity contribution in [3.63, 3.8) is 0 Å². The monoisotopic (exact) mass is 197 g/mol. The molecule has 1 saturated heterocycles. The van der Waals surface area contributed by atoms with Gasteiger partial charge < -0.3 is 10.5 Å². The van der Waals surface area contributed by atoms with Gasteiger partial charge in [0.25, 0.3) is 0 Å². The topological polar surface area (TPSA) is 35.2 Å². The molecule has 2 aliphatic rings. The first-order valence-electron chi connectivity index (χ1n) is 6.12. The molecule has 14 heavy (non-hydrogen) atoms. The molecule has 1 heterocycles. The Labute approximate surface area is 87.2 Å². The molecular weight excluding hydrogens is 174 g/mol. The molecule has 1 saturated carbocycles. The van der Waals surface area contributed by atoms with Crippen molar-refractivity contribution < 1.29 is 4.74 Å². The Morgan fingerprint density at radius 3 is 2.43 bits per heavy atom. The normalized spacial score (nSPS) is 37.3. The third-order valence-electron chi connectivity index (χ3n) is 4.23. The van der Waals surface area contributed by atoms with Crippen LogP contribution in [0.4, 0.5) is 0 Å². The molecule has 0 aromatic heterocycles. The van der Waals surface area contributed by atoms with Gasteiger partial charge in [-0.05, 0) is 37.0 Å². The fourth-order valence-corrected chi connectivity index (χ4v) is 3.20. The average molecular weight is 197 g/mol. The second-order valence-corrected chi connectivity index (χ2v) is 5.10.